The molecule has 0 unspecified atom stereocenters. The summed E-state index contributed by atoms with van der Waals surface area (Å²) in [6.07, 6.45) is 4.05. The summed E-state index contributed by atoms with van der Waals surface area (Å²) < 4.78 is 3.22. The molecule has 0 spiro atoms. The number of carbonyl (C=O) groups excluding carboxylic acids is 1. The number of hydrogen-bond acceptors (Lipinski definition) is 3. The SMILES string of the molecule is CC[C@@H](C(=O)N[C@@H](C)CCc1ccccc1)n1c2ccccc2c2cnn(C)c(=O)c21. The summed E-state index contributed by atoms with van der Waals surface area (Å²) in [7, 11) is 1.64. The minimum atomic E-state index is -0.475. The van der Waals surface area contributed by atoms with E-state index in [2.05, 4.69) is 22.5 Å². The third-order valence-corrected chi connectivity index (χ3v) is 5.90. The topological polar surface area (TPSA) is 68.9 Å². The van der Waals surface area contributed by atoms with Crippen LogP contribution in [0.4, 0.5) is 0 Å². The first-order chi connectivity index (χ1) is 15.0. The van der Waals surface area contributed by atoms with Crippen molar-refractivity contribution in [1.29, 1.82) is 0 Å². The van der Waals surface area contributed by atoms with Gasteiger partial charge in [-0.3, -0.25) is 9.59 Å². The molecule has 0 aliphatic heterocycles. The molecule has 31 heavy (non-hydrogen) atoms. The van der Waals surface area contributed by atoms with Crippen molar-refractivity contribution >= 4 is 27.7 Å². The van der Waals surface area contributed by atoms with Crippen LogP contribution in [0.3, 0.4) is 0 Å². The molecule has 0 fully saturated rings. The van der Waals surface area contributed by atoms with E-state index in [1.807, 2.05) is 60.9 Å². The van der Waals surface area contributed by atoms with Crippen molar-refractivity contribution in [3.8, 4) is 0 Å². The van der Waals surface area contributed by atoms with Crippen LogP contribution in [0.1, 0.15) is 38.3 Å². The Hall–Kier alpha value is -3.41. The van der Waals surface area contributed by atoms with Gasteiger partial charge in [0.2, 0.25) is 5.91 Å². The monoisotopic (exact) mass is 416 g/mol. The van der Waals surface area contributed by atoms with Crippen LogP contribution in [0.25, 0.3) is 21.8 Å². The lowest BCUT2D eigenvalue weighted by molar-refractivity contribution is -0.124. The Morgan fingerprint density at radius 1 is 1.06 bits per heavy atom. The van der Waals surface area contributed by atoms with Crippen LogP contribution in [0.15, 0.2) is 65.6 Å². The van der Waals surface area contributed by atoms with E-state index < -0.39 is 6.04 Å². The first-order valence-electron chi connectivity index (χ1n) is 10.8. The third kappa shape index (κ3) is 3.98. The molecule has 2 aromatic carbocycles. The molecule has 2 heterocycles. The number of nitrogens with one attached hydrogen (secondary N) is 1. The Balaban J connectivity index is 1.66. The van der Waals surface area contributed by atoms with E-state index in [1.165, 1.54) is 10.2 Å². The van der Waals surface area contributed by atoms with Crippen LogP contribution < -0.4 is 10.9 Å². The summed E-state index contributed by atoms with van der Waals surface area (Å²) >= 11 is 0. The van der Waals surface area contributed by atoms with Gasteiger partial charge in [-0.2, -0.15) is 5.10 Å². The number of nitrogens with zero attached hydrogens (tertiary/aromatic N) is 3. The van der Waals surface area contributed by atoms with Gasteiger partial charge in [0.25, 0.3) is 5.56 Å². The molecular formula is C25H28N4O2. The van der Waals surface area contributed by atoms with E-state index >= 15 is 0 Å². The predicted octanol–water partition coefficient (Wildman–Crippen LogP) is 3.98. The molecule has 2 aromatic heterocycles. The van der Waals surface area contributed by atoms with Gasteiger partial charge in [-0.25, -0.2) is 4.68 Å². The highest BCUT2D eigenvalue weighted by atomic mass is 16.2. The standard InChI is InChI=1S/C25H28N4O2/c1-4-21(24(30)27-17(2)14-15-18-10-6-5-7-11-18)29-22-13-9-8-12-19(22)20-16-26-28(3)25(31)23(20)29/h5-13,16-17,21H,4,14-15H2,1-3H3,(H,27,30)/t17-,21-/m0/s1. The van der Waals surface area contributed by atoms with E-state index in [1.54, 1.807) is 13.2 Å². The molecule has 1 amide bonds. The zero-order chi connectivity index (χ0) is 22.0. The number of carbonyl (C=O) groups is 1. The normalized spacial score (nSPS) is 13.4. The van der Waals surface area contributed by atoms with Crippen molar-refractivity contribution in [3.05, 3.63) is 76.7 Å². The van der Waals surface area contributed by atoms with E-state index in [4.69, 9.17) is 0 Å². The van der Waals surface area contributed by atoms with Crippen molar-refractivity contribution in [2.45, 2.75) is 45.2 Å². The smallest absolute Gasteiger partial charge is 0.291 e. The van der Waals surface area contributed by atoms with E-state index in [0.717, 1.165) is 29.1 Å². The number of para-hydroxylation sites is 1. The molecule has 0 bridgehead atoms. The third-order valence-electron chi connectivity index (χ3n) is 5.90. The van der Waals surface area contributed by atoms with Gasteiger partial charge in [0.15, 0.2) is 0 Å². The number of benzene rings is 2. The highest BCUT2D eigenvalue weighted by Gasteiger charge is 2.26. The van der Waals surface area contributed by atoms with Gasteiger partial charge < -0.3 is 9.88 Å². The maximum absolute atomic E-state index is 13.3. The molecule has 1 N–H and O–H groups in total. The van der Waals surface area contributed by atoms with Crippen molar-refractivity contribution in [3.63, 3.8) is 0 Å². The first kappa shape index (κ1) is 20.8. The molecule has 0 saturated carbocycles. The fourth-order valence-corrected chi connectivity index (χ4v) is 4.24. The van der Waals surface area contributed by atoms with Crippen LogP contribution in [-0.2, 0) is 18.3 Å². The maximum Gasteiger partial charge on any atom is 0.291 e. The summed E-state index contributed by atoms with van der Waals surface area (Å²) in [5.41, 5.74) is 2.46. The van der Waals surface area contributed by atoms with Gasteiger partial charge in [-0.05, 0) is 37.8 Å². The molecule has 0 aliphatic rings. The molecule has 160 valence electrons. The van der Waals surface area contributed by atoms with Gasteiger partial charge in [-0.1, -0.05) is 55.5 Å². The first-order valence-corrected chi connectivity index (χ1v) is 10.8. The summed E-state index contributed by atoms with van der Waals surface area (Å²) in [4.78, 5) is 26.3. The van der Waals surface area contributed by atoms with Crippen LogP contribution in [-0.4, -0.2) is 26.3 Å². The Labute approximate surface area is 181 Å². The fraction of sp³-hybridized carbons (Fsp3) is 0.320. The largest absolute Gasteiger partial charge is 0.352 e. The van der Waals surface area contributed by atoms with Crippen LogP contribution in [0.2, 0.25) is 0 Å². The lowest BCUT2D eigenvalue weighted by Crippen LogP contribution is -2.39. The lowest BCUT2D eigenvalue weighted by Gasteiger charge is -2.22. The lowest BCUT2D eigenvalue weighted by atomic mass is 10.1. The molecular weight excluding hydrogens is 388 g/mol. The Kier molecular flexibility index (Phi) is 5.89. The van der Waals surface area contributed by atoms with E-state index in [-0.39, 0.29) is 17.5 Å². The summed E-state index contributed by atoms with van der Waals surface area (Å²) in [5.74, 6) is -0.0652. The molecule has 2 atom stereocenters. The van der Waals surface area contributed by atoms with Gasteiger partial charge in [0.05, 0.1) is 11.7 Å². The highest BCUT2D eigenvalue weighted by molar-refractivity contribution is 6.08. The second-order valence-electron chi connectivity index (χ2n) is 8.08. The predicted molar refractivity (Wildman–Crippen MR) is 124 cm³/mol. The molecule has 0 saturated heterocycles. The van der Waals surface area contributed by atoms with Crippen molar-refractivity contribution in [2.75, 3.05) is 0 Å². The Morgan fingerprint density at radius 3 is 2.52 bits per heavy atom. The molecule has 4 rings (SSSR count). The second-order valence-corrected chi connectivity index (χ2v) is 8.08. The quantitative estimate of drug-likeness (QED) is 0.496. The van der Waals surface area contributed by atoms with E-state index in [9.17, 15) is 9.59 Å². The Bertz CT molecular complexity index is 1270. The molecule has 6 heteroatoms. The molecule has 4 aromatic rings. The zero-order valence-electron chi connectivity index (χ0n) is 18.2. The van der Waals surface area contributed by atoms with Gasteiger partial charge in [0, 0.05) is 23.9 Å². The average molecular weight is 417 g/mol. The van der Waals surface area contributed by atoms with Crippen LogP contribution >= 0.6 is 0 Å². The summed E-state index contributed by atoms with van der Waals surface area (Å²) in [6, 6.07) is 17.6. The fourth-order valence-electron chi connectivity index (χ4n) is 4.24. The number of rotatable bonds is 7. The minimum absolute atomic E-state index is 0.0272. The average Bonchev–Trinajstić information content (AvgIpc) is 3.11. The molecule has 0 aliphatic carbocycles. The van der Waals surface area contributed by atoms with Crippen molar-refractivity contribution in [1.82, 2.24) is 19.7 Å². The van der Waals surface area contributed by atoms with Gasteiger partial charge >= 0.3 is 0 Å². The Morgan fingerprint density at radius 2 is 1.77 bits per heavy atom. The second kappa shape index (κ2) is 8.76. The maximum atomic E-state index is 13.3. The zero-order valence-corrected chi connectivity index (χ0v) is 18.2. The number of amides is 1. The van der Waals surface area contributed by atoms with Crippen molar-refractivity contribution in [2.24, 2.45) is 7.05 Å². The molecule has 0 radical (unpaired) electrons. The summed E-state index contributed by atoms with van der Waals surface area (Å²) in [6.45, 7) is 4.01. The van der Waals surface area contributed by atoms with Crippen molar-refractivity contribution < 1.29 is 4.79 Å². The number of hydrogen-bond donors (Lipinski definition) is 1. The van der Waals surface area contributed by atoms with Gasteiger partial charge in [0.1, 0.15) is 11.6 Å². The number of aryl methyl sites for hydroxylation is 2. The summed E-state index contributed by atoms with van der Waals surface area (Å²) in [5, 5.41) is 9.08. The number of fused-ring (bicyclic) bond motifs is 3. The van der Waals surface area contributed by atoms with Crippen LogP contribution in [0.5, 0.6) is 0 Å². The number of aromatic nitrogens is 3. The minimum Gasteiger partial charge on any atom is -0.352 e. The van der Waals surface area contributed by atoms with E-state index in [0.29, 0.717) is 11.9 Å². The van der Waals surface area contributed by atoms with Crippen LogP contribution in [0, 0.1) is 0 Å². The highest BCUT2D eigenvalue weighted by Crippen LogP contribution is 2.30. The van der Waals surface area contributed by atoms with Gasteiger partial charge in [-0.15, -0.1) is 0 Å². The molecule has 6 nitrogen and oxygen atoms in total.